The van der Waals surface area contributed by atoms with E-state index < -0.39 is 0 Å². The molecule has 0 spiro atoms. The largest absolute Gasteiger partial charge is 0.358 e. The Morgan fingerprint density at radius 3 is 3.08 bits per heavy atom. The Labute approximate surface area is 70.7 Å². The van der Waals surface area contributed by atoms with Gasteiger partial charge in [-0.15, -0.1) is 0 Å². The molecule has 62 valence electrons. The lowest BCUT2D eigenvalue weighted by Crippen LogP contribution is -2.43. The molecule has 0 saturated heterocycles. The number of rotatable bonds is 1. The molecule has 1 aromatic rings. The van der Waals surface area contributed by atoms with Crippen LogP contribution < -0.4 is 16.0 Å². The number of pyridine rings is 1. The highest BCUT2D eigenvalue weighted by Gasteiger charge is 2.14. The smallest absolute Gasteiger partial charge is 0.156 e. The molecular weight excluding hydrogens is 152 g/mol. The lowest BCUT2D eigenvalue weighted by Gasteiger charge is -2.20. The van der Waals surface area contributed by atoms with Crippen molar-refractivity contribution < 1.29 is 0 Å². The van der Waals surface area contributed by atoms with Gasteiger partial charge in [-0.2, -0.15) is 0 Å². The van der Waals surface area contributed by atoms with Crippen molar-refractivity contribution in [3.05, 3.63) is 36.9 Å². The van der Waals surface area contributed by atoms with E-state index in [0.717, 1.165) is 5.69 Å². The van der Waals surface area contributed by atoms with Crippen LogP contribution in [0.15, 0.2) is 36.9 Å². The summed E-state index contributed by atoms with van der Waals surface area (Å²) in [6.07, 6.45) is 7.05. The first-order chi connectivity index (χ1) is 5.88. The molecule has 0 bridgehead atoms. The van der Waals surface area contributed by atoms with Crippen molar-refractivity contribution in [2.45, 2.75) is 6.29 Å². The summed E-state index contributed by atoms with van der Waals surface area (Å²) in [6.45, 7) is 0. The maximum Gasteiger partial charge on any atom is 0.156 e. The molecule has 1 aromatic heterocycles. The second kappa shape index (κ2) is 2.83. The average Bonchev–Trinajstić information content (AvgIpc) is 2.53. The van der Waals surface area contributed by atoms with Crippen LogP contribution in [0, 0.1) is 0 Å². The number of nitrogens with zero attached hydrogens (tertiary/aromatic N) is 2. The minimum absolute atomic E-state index is 0.172. The van der Waals surface area contributed by atoms with Crippen molar-refractivity contribution in [1.29, 1.82) is 0 Å². The van der Waals surface area contributed by atoms with Gasteiger partial charge in [-0.3, -0.25) is 10.7 Å². The zero-order valence-electron chi connectivity index (χ0n) is 6.51. The zero-order valence-corrected chi connectivity index (χ0v) is 6.51. The molecule has 1 aliphatic heterocycles. The Hall–Kier alpha value is -1.55. The minimum atomic E-state index is -0.172. The molecule has 4 heteroatoms. The third kappa shape index (κ3) is 1.12. The van der Waals surface area contributed by atoms with E-state index in [0.29, 0.717) is 0 Å². The lowest BCUT2D eigenvalue weighted by atomic mass is 10.4. The van der Waals surface area contributed by atoms with Crippen LogP contribution in [-0.2, 0) is 0 Å². The standard InChI is InChI=1S/C8H10N4/c9-8-11-4-5-12(8)7-2-1-3-10-6-7/h1-6,8,11H,9H2. The molecule has 0 amide bonds. The number of hydrogen-bond acceptors (Lipinski definition) is 4. The maximum atomic E-state index is 5.74. The van der Waals surface area contributed by atoms with Crippen molar-refractivity contribution in [3.8, 4) is 0 Å². The number of aromatic nitrogens is 1. The molecule has 12 heavy (non-hydrogen) atoms. The summed E-state index contributed by atoms with van der Waals surface area (Å²) >= 11 is 0. The van der Waals surface area contributed by atoms with Crippen molar-refractivity contribution in [3.63, 3.8) is 0 Å². The Bertz CT molecular complexity index is 282. The summed E-state index contributed by atoms with van der Waals surface area (Å²) < 4.78 is 0. The summed E-state index contributed by atoms with van der Waals surface area (Å²) in [5.41, 5.74) is 6.73. The van der Waals surface area contributed by atoms with E-state index in [1.165, 1.54) is 0 Å². The van der Waals surface area contributed by atoms with E-state index in [1.54, 1.807) is 12.4 Å². The van der Waals surface area contributed by atoms with Crippen LogP contribution in [0.1, 0.15) is 0 Å². The van der Waals surface area contributed by atoms with Crippen molar-refractivity contribution in [1.82, 2.24) is 10.3 Å². The van der Waals surface area contributed by atoms with E-state index >= 15 is 0 Å². The zero-order chi connectivity index (χ0) is 8.39. The number of nitrogens with one attached hydrogen (secondary N) is 1. The highest BCUT2D eigenvalue weighted by Crippen LogP contribution is 2.14. The van der Waals surface area contributed by atoms with Crippen LogP contribution in [0.4, 0.5) is 5.69 Å². The molecule has 0 saturated carbocycles. The van der Waals surface area contributed by atoms with E-state index in [1.807, 2.05) is 29.4 Å². The average molecular weight is 162 g/mol. The molecule has 3 N–H and O–H groups in total. The van der Waals surface area contributed by atoms with Gasteiger partial charge in [0.25, 0.3) is 0 Å². The van der Waals surface area contributed by atoms with Crippen LogP contribution >= 0.6 is 0 Å². The Morgan fingerprint density at radius 1 is 1.58 bits per heavy atom. The third-order valence-electron chi connectivity index (χ3n) is 1.75. The predicted molar refractivity (Wildman–Crippen MR) is 47.0 cm³/mol. The van der Waals surface area contributed by atoms with Crippen LogP contribution in [0.2, 0.25) is 0 Å². The molecule has 1 unspecified atom stereocenters. The molecule has 1 atom stereocenters. The van der Waals surface area contributed by atoms with Crippen LogP contribution in [0.3, 0.4) is 0 Å². The SMILES string of the molecule is NC1NC=CN1c1cccnc1. The number of hydrogen-bond donors (Lipinski definition) is 2. The van der Waals surface area contributed by atoms with Crippen LogP contribution in [0.25, 0.3) is 0 Å². The van der Waals surface area contributed by atoms with Crippen molar-refractivity contribution in [2.24, 2.45) is 5.73 Å². The van der Waals surface area contributed by atoms with E-state index in [9.17, 15) is 0 Å². The molecule has 1 aliphatic rings. The Kier molecular flexibility index (Phi) is 1.68. The van der Waals surface area contributed by atoms with Gasteiger partial charge in [-0.25, -0.2) is 0 Å². The third-order valence-corrected chi connectivity index (χ3v) is 1.75. The predicted octanol–water partition coefficient (Wildman–Crippen LogP) is 0.205. The summed E-state index contributed by atoms with van der Waals surface area (Å²) in [6, 6.07) is 3.85. The molecule has 0 aliphatic carbocycles. The van der Waals surface area contributed by atoms with Gasteiger partial charge >= 0.3 is 0 Å². The fraction of sp³-hybridized carbons (Fsp3) is 0.125. The Morgan fingerprint density at radius 2 is 2.50 bits per heavy atom. The van der Waals surface area contributed by atoms with Gasteiger partial charge in [-0.1, -0.05) is 0 Å². The highest BCUT2D eigenvalue weighted by molar-refractivity contribution is 5.48. The summed E-state index contributed by atoms with van der Waals surface area (Å²) in [4.78, 5) is 5.91. The van der Waals surface area contributed by atoms with Gasteiger partial charge < -0.3 is 10.2 Å². The molecule has 0 radical (unpaired) electrons. The van der Waals surface area contributed by atoms with Gasteiger partial charge in [0.2, 0.25) is 0 Å². The monoisotopic (exact) mass is 162 g/mol. The quantitative estimate of drug-likeness (QED) is 0.619. The lowest BCUT2D eigenvalue weighted by molar-refractivity contribution is 0.652. The molecule has 4 nitrogen and oxygen atoms in total. The first kappa shape index (κ1) is 7.12. The van der Waals surface area contributed by atoms with Gasteiger partial charge in [0.05, 0.1) is 11.9 Å². The molecule has 2 heterocycles. The van der Waals surface area contributed by atoms with Gasteiger partial charge in [0.1, 0.15) is 0 Å². The normalized spacial score (nSPS) is 21.1. The van der Waals surface area contributed by atoms with Crippen molar-refractivity contribution in [2.75, 3.05) is 4.90 Å². The second-order valence-corrected chi connectivity index (χ2v) is 2.55. The topological polar surface area (TPSA) is 54.2 Å². The minimum Gasteiger partial charge on any atom is -0.358 e. The summed E-state index contributed by atoms with van der Waals surface area (Å²) in [7, 11) is 0. The fourth-order valence-corrected chi connectivity index (χ4v) is 1.15. The first-order valence-electron chi connectivity index (χ1n) is 3.74. The number of anilines is 1. The highest BCUT2D eigenvalue weighted by atomic mass is 15.4. The van der Waals surface area contributed by atoms with Crippen LogP contribution in [0.5, 0.6) is 0 Å². The summed E-state index contributed by atoms with van der Waals surface area (Å²) in [5, 5.41) is 2.96. The van der Waals surface area contributed by atoms with Gasteiger partial charge in [0.15, 0.2) is 6.29 Å². The number of nitrogens with two attached hydrogens (primary N) is 1. The van der Waals surface area contributed by atoms with Crippen LogP contribution in [-0.4, -0.2) is 11.3 Å². The molecular formula is C8H10N4. The van der Waals surface area contributed by atoms with Crippen molar-refractivity contribution >= 4 is 5.69 Å². The van der Waals surface area contributed by atoms with Gasteiger partial charge in [0, 0.05) is 18.6 Å². The Balaban J connectivity index is 2.25. The molecule has 0 aromatic carbocycles. The fourth-order valence-electron chi connectivity index (χ4n) is 1.15. The van der Waals surface area contributed by atoms with E-state index in [2.05, 4.69) is 10.3 Å². The second-order valence-electron chi connectivity index (χ2n) is 2.55. The van der Waals surface area contributed by atoms with E-state index in [-0.39, 0.29) is 6.29 Å². The molecule has 0 fully saturated rings. The van der Waals surface area contributed by atoms with E-state index in [4.69, 9.17) is 5.73 Å². The molecule has 2 rings (SSSR count). The maximum absolute atomic E-state index is 5.74. The van der Waals surface area contributed by atoms with Gasteiger partial charge in [-0.05, 0) is 12.1 Å². The first-order valence-corrected chi connectivity index (χ1v) is 3.74. The summed E-state index contributed by atoms with van der Waals surface area (Å²) in [5.74, 6) is 0.